The quantitative estimate of drug-likeness (QED) is 0.555. The Hall–Kier alpha value is -3.11. The summed E-state index contributed by atoms with van der Waals surface area (Å²) in [5.41, 5.74) is 1.32. The SMILES string of the molecule is CNC1(C(C)=O)CCN(c2ncccc2NC(=O)c2csc(-c3cn[nH]c3)n2)CC1. The van der Waals surface area contributed by atoms with E-state index in [4.69, 9.17) is 0 Å². The van der Waals surface area contributed by atoms with Crippen molar-refractivity contribution in [3.05, 3.63) is 41.8 Å². The zero-order valence-electron chi connectivity index (χ0n) is 16.8. The van der Waals surface area contributed by atoms with Crippen LogP contribution in [0.4, 0.5) is 11.5 Å². The van der Waals surface area contributed by atoms with E-state index >= 15 is 0 Å². The number of carbonyl (C=O) groups excluding carboxylic acids is 2. The summed E-state index contributed by atoms with van der Waals surface area (Å²) < 4.78 is 0. The second-order valence-corrected chi connectivity index (χ2v) is 8.09. The van der Waals surface area contributed by atoms with E-state index in [9.17, 15) is 9.59 Å². The molecule has 0 saturated carbocycles. The molecule has 0 spiro atoms. The number of aromatic amines is 1. The van der Waals surface area contributed by atoms with Gasteiger partial charge in [-0.3, -0.25) is 14.7 Å². The van der Waals surface area contributed by atoms with Crippen LogP contribution in [0.2, 0.25) is 0 Å². The number of carbonyl (C=O) groups is 2. The van der Waals surface area contributed by atoms with Gasteiger partial charge in [0.15, 0.2) is 5.82 Å². The van der Waals surface area contributed by atoms with E-state index in [1.807, 2.05) is 13.1 Å². The number of likely N-dealkylation sites (N-methyl/N-ethyl adjacent to an activating group) is 1. The lowest BCUT2D eigenvalue weighted by molar-refractivity contribution is -0.123. The standard InChI is InChI=1S/C20H23N7O2S/c1-13(28)20(21-2)5-8-27(9-6-20)17-15(4-3-7-22-17)25-18(29)16-12-30-19(26-16)14-10-23-24-11-14/h3-4,7,10-12,21H,5-6,8-9H2,1-2H3,(H,23,24)(H,25,29). The van der Waals surface area contributed by atoms with Crippen molar-refractivity contribution in [2.75, 3.05) is 30.4 Å². The molecule has 3 N–H and O–H groups in total. The zero-order chi connectivity index (χ0) is 21.1. The van der Waals surface area contributed by atoms with Crippen LogP contribution >= 0.6 is 11.3 Å². The number of aromatic nitrogens is 4. The minimum atomic E-state index is -0.487. The molecule has 30 heavy (non-hydrogen) atoms. The molecule has 4 rings (SSSR count). The predicted octanol–water partition coefficient (Wildman–Crippen LogP) is 2.33. The molecule has 1 saturated heterocycles. The number of hydrogen-bond acceptors (Lipinski definition) is 8. The van der Waals surface area contributed by atoms with Crippen molar-refractivity contribution in [3.8, 4) is 10.6 Å². The topological polar surface area (TPSA) is 116 Å². The van der Waals surface area contributed by atoms with E-state index < -0.39 is 5.54 Å². The van der Waals surface area contributed by atoms with Crippen LogP contribution in [0.5, 0.6) is 0 Å². The van der Waals surface area contributed by atoms with E-state index in [2.05, 4.69) is 35.7 Å². The first-order valence-electron chi connectivity index (χ1n) is 9.68. The first-order chi connectivity index (χ1) is 14.5. The largest absolute Gasteiger partial charge is 0.355 e. The summed E-state index contributed by atoms with van der Waals surface area (Å²) in [6.07, 6.45) is 6.48. The van der Waals surface area contributed by atoms with Gasteiger partial charge in [-0.05, 0) is 38.9 Å². The number of pyridine rings is 1. The molecule has 1 aliphatic rings. The first-order valence-corrected chi connectivity index (χ1v) is 10.6. The number of anilines is 2. The van der Waals surface area contributed by atoms with Gasteiger partial charge in [-0.1, -0.05) is 0 Å². The number of H-pyrrole nitrogens is 1. The zero-order valence-corrected chi connectivity index (χ0v) is 17.6. The van der Waals surface area contributed by atoms with Crippen LogP contribution < -0.4 is 15.5 Å². The molecule has 0 bridgehead atoms. The summed E-state index contributed by atoms with van der Waals surface area (Å²) >= 11 is 1.39. The van der Waals surface area contributed by atoms with Crippen LogP contribution in [-0.4, -0.2) is 57.5 Å². The summed E-state index contributed by atoms with van der Waals surface area (Å²) in [5.74, 6) is 0.557. The lowest BCUT2D eigenvalue weighted by Crippen LogP contribution is -2.56. The Morgan fingerprint density at radius 3 is 2.77 bits per heavy atom. The first kappa shape index (κ1) is 20.2. The van der Waals surface area contributed by atoms with Crippen molar-refractivity contribution in [1.29, 1.82) is 0 Å². The van der Waals surface area contributed by atoms with Crippen LogP contribution in [0.1, 0.15) is 30.3 Å². The molecule has 156 valence electrons. The van der Waals surface area contributed by atoms with Crippen molar-refractivity contribution in [3.63, 3.8) is 0 Å². The minimum Gasteiger partial charge on any atom is -0.355 e. The molecular weight excluding hydrogens is 402 g/mol. The molecule has 1 aliphatic heterocycles. The third kappa shape index (κ3) is 3.83. The van der Waals surface area contributed by atoms with Gasteiger partial charge in [-0.15, -0.1) is 11.3 Å². The monoisotopic (exact) mass is 425 g/mol. The van der Waals surface area contributed by atoms with Crippen LogP contribution in [0.25, 0.3) is 10.6 Å². The maximum atomic E-state index is 12.8. The molecule has 10 heteroatoms. The average Bonchev–Trinajstić information content (AvgIpc) is 3.46. The molecule has 0 aromatic carbocycles. The van der Waals surface area contributed by atoms with Gasteiger partial charge < -0.3 is 15.5 Å². The smallest absolute Gasteiger partial charge is 0.275 e. The maximum absolute atomic E-state index is 12.8. The fourth-order valence-corrected chi connectivity index (χ4v) is 4.47. The van der Waals surface area contributed by atoms with E-state index in [1.54, 1.807) is 37.0 Å². The Bertz CT molecular complexity index is 1040. The van der Waals surface area contributed by atoms with Gasteiger partial charge in [0.1, 0.15) is 16.5 Å². The Labute approximate surface area is 177 Å². The molecule has 1 fully saturated rings. The number of amides is 1. The second kappa shape index (κ2) is 8.33. The third-order valence-electron chi connectivity index (χ3n) is 5.59. The molecular formula is C20H23N7O2S. The fourth-order valence-electron chi connectivity index (χ4n) is 3.69. The number of ketones is 1. The molecule has 0 atom stereocenters. The third-order valence-corrected chi connectivity index (χ3v) is 6.48. The van der Waals surface area contributed by atoms with Gasteiger partial charge in [0.25, 0.3) is 5.91 Å². The fraction of sp³-hybridized carbons (Fsp3) is 0.350. The van der Waals surface area contributed by atoms with Gasteiger partial charge in [-0.2, -0.15) is 5.10 Å². The Kier molecular flexibility index (Phi) is 5.60. The maximum Gasteiger partial charge on any atom is 0.275 e. The van der Waals surface area contributed by atoms with E-state index in [-0.39, 0.29) is 11.7 Å². The van der Waals surface area contributed by atoms with Gasteiger partial charge in [0.05, 0.1) is 17.4 Å². The van der Waals surface area contributed by atoms with Gasteiger partial charge in [0, 0.05) is 36.4 Å². The van der Waals surface area contributed by atoms with E-state index in [0.29, 0.717) is 43.1 Å². The summed E-state index contributed by atoms with van der Waals surface area (Å²) in [6, 6.07) is 3.61. The lowest BCUT2D eigenvalue weighted by Gasteiger charge is -2.40. The highest BCUT2D eigenvalue weighted by molar-refractivity contribution is 7.13. The number of rotatable bonds is 6. The van der Waals surface area contributed by atoms with Crippen LogP contribution in [0.15, 0.2) is 36.1 Å². The van der Waals surface area contributed by atoms with Crippen molar-refractivity contribution < 1.29 is 9.59 Å². The normalized spacial score (nSPS) is 15.7. The molecule has 0 radical (unpaired) electrons. The number of nitrogens with one attached hydrogen (secondary N) is 3. The average molecular weight is 426 g/mol. The van der Waals surface area contributed by atoms with Gasteiger partial charge >= 0.3 is 0 Å². The summed E-state index contributed by atoms with van der Waals surface area (Å²) in [6.45, 7) is 2.97. The molecule has 1 amide bonds. The Balaban J connectivity index is 1.49. The van der Waals surface area contributed by atoms with Crippen molar-refractivity contribution in [2.45, 2.75) is 25.3 Å². The number of nitrogens with zero attached hydrogens (tertiary/aromatic N) is 4. The molecule has 4 heterocycles. The van der Waals surface area contributed by atoms with Gasteiger partial charge in [0.2, 0.25) is 0 Å². The Morgan fingerprint density at radius 1 is 1.30 bits per heavy atom. The highest BCUT2D eigenvalue weighted by atomic mass is 32.1. The number of hydrogen-bond donors (Lipinski definition) is 3. The highest BCUT2D eigenvalue weighted by Crippen LogP contribution is 2.30. The van der Waals surface area contributed by atoms with Crippen LogP contribution in [0, 0.1) is 0 Å². The molecule has 0 unspecified atom stereocenters. The van der Waals surface area contributed by atoms with E-state index in [1.165, 1.54) is 11.3 Å². The van der Waals surface area contributed by atoms with Crippen LogP contribution in [0.3, 0.4) is 0 Å². The molecule has 3 aromatic rings. The summed E-state index contributed by atoms with van der Waals surface area (Å²) in [7, 11) is 1.83. The lowest BCUT2D eigenvalue weighted by atomic mass is 9.84. The molecule has 9 nitrogen and oxygen atoms in total. The molecule has 0 aliphatic carbocycles. The second-order valence-electron chi connectivity index (χ2n) is 7.23. The number of thiazole rings is 1. The number of piperidine rings is 1. The van der Waals surface area contributed by atoms with E-state index in [0.717, 1.165) is 10.6 Å². The van der Waals surface area contributed by atoms with Crippen molar-refractivity contribution in [2.24, 2.45) is 0 Å². The summed E-state index contributed by atoms with van der Waals surface area (Å²) in [5, 5.41) is 15.2. The number of Topliss-reactive ketones (excluding diaryl/α,β-unsaturated/α-hetero) is 1. The molecule has 3 aromatic heterocycles. The predicted molar refractivity (Wildman–Crippen MR) is 116 cm³/mol. The van der Waals surface area contributed by atoms with Gasteiger partial charge in [-0.25, -0.2) is 9.97 Å². The van der Waals surface area contributed by atoms with Crippen molar-refractivity contribution >= 4 is 34.5 Å². The minimum absolute atomic E-state index is 0.149. The Morgan fingerprint density at radius 2 is 2.10 bits per heavy atom. The summed E-state index contributed by atoms with van der Waals surface area (Å²) in [4.78, 5) is 35.9. The van der Waals surface area contributed by atoms with Crippen LogP contribution in [-0.2, 0) is 4.79 Å². The highest BCUT2D eigenvalue weighted by Gasteiger charge is 2.38. The van der Waals surface area contributed by atoms with Crippen molar-refractivity contribution in [1.82, 2.24) is 25.5 Å².